The number of nitrogens with zero attached hydrogens (tertiary/aromatic N) is 4. The second kappa shape index (κ2) is 4.66. The minimum Gasteiger partial charge on any atom is -0.283 e. The van der Waals surface area contributed by atoms with Crippen LogP contribution in [0.15, 0.2) is 41.3 Å². The minimum atomic E-state index is -0.102. The third-order valence-corrected chi connectivity index (χ3v) is 3.46. The Kier molecular flexibility index (Phi) is 3.09. The molecule has 0 saturated carbocycles. The van der Waals surface area contributed by atoms with Crippen LogP contribution in [0.3, 0.4) is 0 Å². The molecule has 0 fully saturated rings. The maximum atomic E-state index is 4.68. The van der Waals surface area contributed by atoms with Gasteiger partial charge in [0.15, 0.2) is 0 Å². The van der Waals surface area contributed by atoms with E-state index >= 15 is 0 Å². The highest BCUT2D eigenvalue weighted by atomic mass is 79.9. The fourth-order valence-electron chi connectivity index (χ4n) is 2.01. The lowest BCUT2D eigenvalue weighted by atomic mass is 9.96. The van der Waals surface area contributed by atoms with Crippen LogP contribution in [0, 0.1) is 0 Å². The van der Waals surface area contributed by atoms with Crippen molar-refractivity contribution >= 4 is 27.0 Å². The van der Waals surface area contributed by atoms with Gasteiger partial charge in [-0.15, -0.1) is 0 Å². The molecule has 3 aromatic rings. The van der Waals surface area contributed by atoms with Gasteiger partial charge in [0.05, 0.1) is 11.0 Å². The first-order valence-corrected chi connectivity index (χ1v) is 7.22. The van der Waals surface area contributed by atoms with E-state index in [4.69, 9.17) is 0 Å². The molecule has 102 valence electrons. The van der Waals surface area contributed by atoms with E-state index in [1.54, 1.807) is 6.33 Å². The molecule has 5 heteroatoms. The molecule has 0 N–H and O–H groups in total. The highest BCUT2D eigenvalue weighted by Gasteiger charge is 2.19. The van der Waals surface area contributed by atoms with E-state index in [9.17, 15) is 0 Å². The molecule has 0 aliphatic heterocycles. The number of hydrogen-bond acceptors (Lipinski definition) is 3. The normalized spacial score (nSPS) is 12.0. The maximum Gasteiger partial charge on any atom is 0.143 e. The van der Waals surface area contributed by atoms with Crippen LogP contribution in [-0.4, -0.2) is 19.5 Å². The third kappa shape index (κ3) is 2.33. The average Bonchev–Trinajstić information content (AvgIpc) is 2.80. The Labute approximate surface area is 126 Å². The molecule has 1 aromatic carbocycles. The molecule has 4 nitrogen and oxygen atoms in total. The molecule has 0 aliphatic carbocycles. The summed E-state index contributed by atoms with van der Waals surface area (Å²) < 4.78 is 2.77. The Balaban J connectivity index is 2.22. The summed E-state index contributed by atoms with van der Waals surface area (Å²) in [6.07, 6.45) is 1.80. The van der Waals surface area contributed by atoms with E-state index in [2.05, 4.69) is 51.7 Å². The summed E-state index contributed by atoms with van der Waals surface area (Å²) in [6.45, 7) is 6.31. The molecule has 20 heavy (non-hydrogen) atoms. The quantitative estimate of drug-likeness (QED) is 0.636. The molecule has 0 radical (unpaired) electrons. The summed E-state index contributed by atoms with van der Waals surface area (Å²) in [5.41, 5.74) is 1.90. The fourth-order valence-corrected chi connectivity index (χ4v) is 2.38. The van der Waals surface area contributed by atoms with Crippen LogP contribution in [0.1, 0.15) is 26.6 Å². The minimum absolute atomic E-state index is 0.102. The first kappa shape index (κ1) is 13.2. The number of para-hydroxylation sites is 2. The van der Waals surface area contributed by atoms with Crippen LogP contribution < -0.4 is 0 Å². The van der Waals surface area contributed by atoms with Crippen molar-refractivity contribution in [3.05, 3.63) is 47.1 Å². The number of hydrogen-bond donors (Lipinski definition) is 0. The van der Waals surface area contributed by atoms with Crippen LogP contribution in [0.25, 0.3) is 16.9 Å². The van der Waals surface area contributed by atoms with E-state index < -0.39 is 0 Å². The van der Waals surface area contributed by atoms with Crippen LogP contribution in [0.4, 0.5) is 0 Å². The van der Waals surface area contributed by atoms with E-state index in [1.165, 1.54) is 0 Å². The zero-order valence-corrected chi connectivity index (χ0v) is 13.2. The lowest BCUT2D eigenvalue weighted by Gasteiger charge is -2.17. The van der Waals surface area contributed by atoms with Gasteiger partial charge < -0.3 is 0 Å². The summed E-state index contributed by atoms with van der Waals surface area (Å²) in [7, 11) is 0. The number of fused-ring (bicyclic) bond motifs is 1. The summed E-state index contributed by atoms with van der Waals surface area (Å²) in [4.78, 5) is 13.5. The third-order valence-electron chi connectivity index (χ3n) is 3.05. The Bertz CT molecular complexity index is 771. The average molecular weight is 331 g/mol. The lowest BCUT2D eigenvalue weighted by molar-refractivity contribution is 0.542. The summed E-state index contributed by atoms with van der Waals surface area (Å²) in [5.74, 6) is 1.63. The largest absolute Gasteiger partial charge is 0.283 e. The fraction of sp³-hybridized carbons (Fsp3) is 0.267. The molecule has 0 atom stereocenters. The van der Waals surface area contributed by atoms with Gasteiger partial charge in [0, 0.05) is 11.5 Å². The van der Waals surface area contributed by atoms with E-state index in [0.29, 0.717) is 0 Å². The van der Waals surface area contributed by atoms with E-state index in [1.807, 2.05) is 34.9 Å². The van der Waals surface area contributed by atoms with Gasteiger partial charge in [-0.1, -0.05) is 32.9 Å². The van der Waals surface area contributed by atoms with Gasteiger partial charge in [0.2, 0.25) is 0 Å². The number of benzene rings is 1. The van der Waals surface area contributed by atoms with Gasteiger partial charge >= 0.3 is 0 Å². The predicted molar refractivity (Wildman–Crippen MR) is 83.1 cm³/mol. The molecule has 2 heterocycles. The lowest BCUT2D eigenvalue weighted by Crippen LogP contribution is -2.17. The Morgan fingerprint density at radius 3 is 2.60 bits per heavy atom. The van der Waals surface area contributed by atoms with Crippen LogP contribution >= 0.6 is 15.9 Å². The van der Waals surface area contributed by atoms with Crippen molar-refractivity contribution in [2.24, 2.45) is 0 Å². The topological polar surface area (TPSA) is 43.6 Å². The van der Waals surface area contributed by atoms with Gasteiger partial charge in [-0.2, -0.15) is 0 Å². The van der Waals surface area contributed by atoms with Crippen molar-refractivity contribution in [1.29, 1.82) is 0 Å². The maximum absolute atomic E-state index is 4.68. The van der Waals surface area contributed by atoms with Crippen molar-refractivity contribution in [2.75, 3.05) is 0 Å². The molecule has 3 rings (SSSR count). The molecule has 0 amide bonds. The highest BCUT2D eigenvalue weighted by Crippen LogP contribution is 2.24. The number of halogens is 1. The van der Waals surface area contributed by atoms with Crippen LogP contribution in [0.5, 0.6) is 0 Å². The van der Waals surface area contributed by atoms with Gasteiger partial charge in [-0.05, 0) is 28.1 Å². The monoisotopic (exact) mass is 330 g/mol. The molecule has 2 aromatic heterocycles. The van der Waals surface area contributed by atoms with Crippen LogP contribution in [0.2, 0.25) is 0 Å². The zero-order valence-electron chi connectivity index (χ0n) is 11.6. The van der Waals surface area contributed by atoms with Crippen molar-refractivity contribution in [3.8, 4) is 5.82 Å². The first-order valence-electron chi connectivity index (χ1n) is 6.43. The summed E-state index contributed by atoms with van der Waals surface area (Å²) >= 11 is 3.47. The van der Waals surface area contributed by atoms with Gasteiger partial charge in [0.1, 0.15) is 22.6 Å². The molecular formula is C15H15BrN4. The summed E-state index contributed by atoms with van der Waals surface area (Å²) in [5, 5.41) is 0. The second-order valence-electron chi connectivity index (χ2n) is 5.73. The van der Waals surface area contributed by atoms with Crippen molar-refractivity contribution < 1.29 is 0 Å². The number of rotatable bonds is 1. The molecule has 0 spiro atoms. The Morgan fingerprint density at radius 1 is 1.10 bits per heavy atom. The molecule has 0 aliphatic rings. The van der Waals surface area contributed by atoms with Crippen LogP contribution in [-0.2, 0) is 5.41 Å². The molecule has 0 saturated heterocycles. The van der Waals surface area contributed by atoms with Crippen molar-refractivity contribution in [2.45, 2.75) is 26.2 Å². The SMILES string of the molecule is CC(C)(C)c1nc(Br)cc(-n2cnc3ccccc32)n1. The predicted octanol–water partition coefficient (Wildman–Crippen LogP) is 3.88. The van der Waals surface area contributed by atoms with Gasteiger partial charge in [-0.25, -0.2) is 15.0 Å². The standard InChI is InChI=1S/C15H15BrN4/c1-15(2,3)14-18-12(16)8-13(19-14)20-9-17-10-6-4-5-7-11(10)20/h4-9H,1-3H3. The zero-order chi connectivity index (χ0) is 14.3. The Morgan fingerprint density at radius 2 is 1.85 bits per heavy atom. The molecule has 0 bridgehead atoms. The van der Waals surface area contributed by atoms with Crippen molar-refractivity contribution in [1.82, 2.24) is 19.5 Å². The second-order valence-corrected chi connectivity index (χ2v) is 6.54. The molecular weight excluding hydrogens is 316 g/mol. The highest BCUT2D eigenvalue weighted by molar-refractivity contribution is 9.10. The smallest absolute Gasteiger partial charge is 0.143 e. The molecule has 0 unspecified atom stereocenters. The van der Waals surface area contributed by atoms with Gasteiger partial charge in [-0.3, -0.25) is 4.57 Å². The van der Waals surface area contributed by atoms with Crippen molar-refractivity contribution in [3.63, 3.8) is 0 Å². The number of aromatic nitrogens is 4. The first-order chi connectivity index (χ1) is 9.45. The number of imidazole rings is 1. The summed E-state index contributed by atoms with van der Waals surface area (Å²) in [6, 6.07) is 9.92. The van der Waals surface area contributed by atoms with Gasteiger partial charge in [0.25, 0.3) is 0 Å². The van der Waals surface area contributed by atoms with E-state index in [0.717, 1.165) is 27.3 Å². The van der Waals surface area contributed by atoms with E-state index in [-0.39, 0.29) is 5.41 Å². The Hall–Kier alpha value is -1.75.